The number of amides is 5. The summed E-state index contributed by atoms with van der Waals surface area (Å²) in [6.45, 7) is 9.85. The van der Waals surface area contributed by atoms with Crippen LogP contribution >= 0.6 is 0 Å². The van der Waals surface area contributed by atoms with Crippen molar-refractivity contribution in [3.05, 3.63) is 42.5 Å². The Morgan fingerprint density at radius 1 is 1.23 bits per heavy atom. The van der Waals surface area contributed by atoms with Crippen LogP contribution in [0.25, 0.3) is 0 Å². The van der Waals surface area contributed by atoms with Crippen LogP contribution in [0.2, 0.25) is 0 Å². The number of hydrogen-bond acceptors (Lipinski definition) is 5. The Balaban J connectivity index is 2.15. The molecule has 10 heteroatoms. The quantitative estimate of drug-likeness (QED) is 0.366. The molecule has 0 aromatic heterocycles. The van der Waals surface area contributed by atoms with Gasteiger partial charge in [-0.25, -0.2) is 4.79 Å². The van der Waals surface area contributed by atoms with Gasteiger partial charge in [0, 0.05) is 25.9 Å². The summed E-state index contributed by atoms with van der Waals surface area (Å²) in [5, 5.41) is 8.13. The molecule has 10 nitrogen and oxygen atoms in total. The second-order valence-corrected chi connectivity index (χ2v) is 9.89. The van der Waals surface area contributed by atoms with E-state index in [4.69, 9.17) is 10.5 Å². The largest absolute Gasteiger partial charge is 0.497 e. The number of hydrogen-bond donors (Lipinski definition) is 4. The van der Waals surface area contributed by atoms with Crippen LogP contribution in [-0.4, -0.2) is 67.0 Å². The van der Waals surface area contributed by atoms with Crippen molar-refractivity contribution in [2.45, 2.75) is 58.2 Å². The van der Waals surface area contributed by atoms with Crippen molar-refractivity contribution in [2.24, 2.45) is 11.1 Å². The number of benzene rings is 1. The monoisotopic (exact) mass is 487 g/mol. The number of carbonyl (C=O) groups is 4. The summed E-state index contributed by atoms with van der Waals surface area (Å²) >= 11 is 0. The zero-order chi connectivity index (χ0) is 26.2. The summed E-state index contributed by atoms with van der Waals surface area (Å²) in [6, 6.07) is 4.46. The number of nitrogens with zero attached hydrogens (tertiary/aromatic N) is 1. The topological polar surface area (TPSA) is 143 Å². The fourth-order valence-corrected chi connectivity index (χ4v) is 3.91. The van der Waals surface area contributed by atoms with Gasteiger partial charge in [-0.1, -0.05) is 39.0 Å². The molecule has 1 aliphatic heterocycles. The molecule has 1 saturated heterocycles. The molecule has 192 valence electrons. The van der Waals surface area contributed by atoms with Crippen molar-refractivity contribution < 1.29 is 23.9 Å². The lowest BCUT2D eigenvalue weighted by Gasteiger charge is -2.28. The molecule has 1 heterocycles. The third kappa shape index (κ3) is 8.62. The summed E-state index contributed by atoms with van der Waals surface area (Å²) < 4.78 is 5.14. The number of rotatable bonds is 10. The molecule has 1 aromatic rings. The predicted molar refractivity (Wildman–Crippen MR) is 133 cm³/mol. The smallest absolute Gasteiger partial charge is 0.315 e. The zero-order valence-electron chi connectivity index (χ0n) is 20.9. The van der Waals surface area contributed by atoms with Gasteiger partial charge >= 0.3 is 6.03 Å². The van der Waals surface area contributed by atoms with Crippen LogP contribution in [0.4, 0.5) is 4.79 Å². The molecule has 0 bridgehead atoms. The highest BCUT2D eigenvalue weighted by molar-refractivity contribution is 5.92. The molecule has 35 heavy (non-hydrogen) atoms. The van der Waals surface area contributed by atoms with Gasteiger partial charge in [0.25, 0.3) is 0 Å². The molecular formula is C25H37N5O5. The van der Waals surface area contributed by atoms with Crippen LogP contribution in [-0.2, 0) is 20.8 Å². The summed E-state index contributed by atoms with van der Waals surface area (Å²) in [4.78, 5) is 52.0. The van der Waals surface area contributed by atoms with E-state index in [1.165, 1.54) is 4.90 Å². The van der Waals surface area contributed by atoms with Gasteiger partial charge in [-0.05, 0) is 29.5 Å². The standard InChI is InChI=1S/C25H37N5O5/c1-6-11-27-24(34)28-17-13-20(30(15-17)21(31)14-25(2,3)4)23(33)29-19(22(26)32)12-16-7-9-18(35-5)10-8-16/h6-10,17,19-20H,1,11-15H2,2-5H3,(H2,26,32)(H,29,33)(H2,27,28,34). The highest BCUT2D eigenvalue weighted by Crippen LogP contribution is 2.25. The SMILES string of the molecule is C=CCNC(=O)NC1CC(C(=O)NC(Cc2ccc(OC)cc2)C(N)=O)N(C(=O)CC(C)(C)C)C1. The van der Waals surface area contributed by atoms with Gasteiger partial charge in [-0.2, -0.15) is 0 Å². The van der Waals surface area contributed by atoms with Crippen molar-refractivity contribution in [1.82, 2.24) is 20.9 Å². The Bertz CT molecular complexity index is 925. The van der Waals surface area contributed by atoms with E-state index in [1.807, 2.05) is 20.8 Å². The van der Waals surface area contributed by atoms with E-state index in [0.717, 1.165) is 5.56 Å². The van der Waals surface area contributed by atoms with Crippen molar-refractivity contribution in [2.75, 3.05) is 20.2 Å². The number of primary amides is 1. The first kappa shape index (κ1) is 27.7. The number of likely N-dealkylation sites (tertiary alicyclic amines) is 1. The summed E-state index contributed by atoms with van der Waals surface area (Å²) in [6.07, 6.45) is 2.20. The fraction of sp³-hybridized carbons (Fsp3) is 0.520. The Kier molecular flexibility index (Phi) is 9.68. The second kappa shape index (κ2) is 12.2. The lowest BCUT2D eigenvalue weighted by molar-refractivity contribution is -0.140. The van der Waals surface area contributed by atoms with Crippen LogP contribution in [0.5, 0.6) is 5.75 Å². The number of ether oxygens (including phenoxy) is 1. The third-order valence-corrected chi connectivity index (χ3v) is 5.61. The molecule has 1 aliphatic rings. The van der Waals surface area contributed by atoms with Crippen LogP contribution in [0.3, 0.4) is 0 Å². The van der Waals surface area contributed by atoms with Gasteiger partial charge in [0.1, 0.15) is 17.8 Å². The number of nitrogens with one attached hydrogen (secondary N) is 3. The first-order valence-corrected chi connectivity index (χ1v) is 11.6. The molecule has 1 fully saturated rings. The van der Waals surface area contributed by atoms with E-state index in [1.54, 1.807) is 37.5 Å². The Hall–Kier alpha value is -3.56. The average Bonchev–Trinajstić information content (AvgIpc) is 3.20. The van der Waals surface area contributed by atoms with Gasteiger partial charge in [-0.3, -0.25) is 14.4 Å². The van der Waals surface area contributed by atoms with E-state index in [2.05, 4.69) is 22.5 Å². The highest BCUT2D eigenvalue weighted by atomic mass is 16.5. The summed E-state index contributed by atoms with van der Waals surface area (Å²) in [5.74, 6) is -0.694. The molecule has 0 radical (unpaired) electrons. The van der Waals surface area contributed by atoms with Crippen molar-refractivity contribution in [3.8, 4) is 5.75 Å². The molecule has 1 aromatic carbocycles. The van der Waals surface area contributed by atoms with Crippen LogP contribution < -0.4 is 26.4 Å². The first-order chi connectivity index (χ1) is 16.4. The predicted octanol–water partition coefficient (Wildman–Crippen LogP) is 1.10. The van der Waals surface area contributed by atoms with E-state index < -0.39 is 36.0 Å². The summed E-state index contributed by atoms with van der Waals surface area (Å²) in [5.41, 5.74) is 6.08. The molecule has 0 spiro atoms. The van der Waals surface area contributed by atoms with Gasteiger partial charge in [-0.15, -0.1) is 6.58 Å². The van der Waals surface area contributed by atoms with E-state index in [9.17, 15) is 19.2 Å². The minimum absolute atomic E-state index is 0.189. The van der Waals surface area contributed by atoms with Crippen molar-refractivity contribution in [3.63, 3.8) is 0 Å². The maximum atomic E-state index is 13.3. The molecule has 3 atom stereocenters. The third-order valence-electron chi connectivity index (χ3n) is 5.61. The number of urea groups is 1. The lowest BCUT2D eigenvalue weighted by Crippen LogP contribution is -2.53. The van der Waals surface area contributed by atoms with E-state index in [-0.39, 0.29) is 37.1 Å². The summed E-state index contributed by atoms with van der Waals surface area (Å²) in [7, 11) is 1.56. The fourth-order valence-electron chi connectivity index (χ4n) is 3.91. The van der Waals surface area contributed by atoms with Gasteiger partial charge in [0.15, 0.2) is 0 Å². The molecule has 0 aliphatic carbocycles. The van der Waals surface area contributed by atoms with Gasteiger partial charge in [0.2, 0.25) is 17.7 Å². The average molecular weight is 488 g/mol. The minimum Gasteiger partial charge on any atom is -0.497 e. The molecule has 0 saturated carbocycles. The zero-order valence-corrected chi connectivity index (χ0v) is 20.9. The molecule has 3 unspecified atom stereocenters. The van der Waals surface area contributed by atoms with E-state index >= 15 is 0 Å². The van der Waals surface area contributed by atoms with Gasteiger partial charge in [0.05, 0.1) is 13.2 Å². The maximum absolute atomic E-state index is 13.3. The normalized spacial score (nSPS) is 18.3. The molecular weight excluding hydrogens is 450 g/mol. The first-order valence-electron chi connectivity index (χ1n) is 11.6. The Morgan fingerprint density at radius 3 is 2.43 bits per heavy atom. The lowest BCUT2D eigenvalue weighted by atomic mass is 9.91. The van der Waals surface area contributed by atoms with Gasteiger partial charge < -0.3 is 31.3 Å². The van der Waals surface area contributed by atoms with Crippen LogP contribution in [0, 0.1) is 5.41 Å². The Labute approximate surface area is 206 Å². The second-order valence-electron chi connectivity index (χ2n) is 9.89. The highest BCUT2D eigenvalue weighted by Gasteiger charge is 2.41. The van der Waals surface area contributed by atoms with Crippen LogP contribution in [0.1, 0.15) is 39.2 Å². The number of methoxy groups -OCH3 is 1. The van der Waals surface area contributed by atoms with E-state index in [0.29, 0.717) is 12.3 Å². The number of carbonyl (C=O) groups excluding carboxylic acids is 4. The molecule has 5 N–H and O–H groups in total. The Morgan fingerprint density at radius 2 is 1.89 bits per heavy atom. The molecule has 2 rings (SSSR count). The molecule has 5 amide bonds. The van der Waals surface area contributed by atoms with Crippen LogP contribution in [0.15, 0.2) is 36.9 Å². The number of nitrogens with two attached hydrogens (primary N) is 1. The van der Waals surface area contributed by atoms with Crippen molar-refractivity contribution >= 4 is 23.8 Å². The maximum Gasteiger partial charge on any atom is 0.315 e. The minimum atomic E-state index is -0.960. The van der Waals surface area contributed by atoms with Crippen molar-refractivity contribution in [1.29, 1.82) is 0 Å².